The minimum Gasteiger partial charge on any atom is -0.394 e. The molecule has 0 aromatic carbocycles. The monoisotopic (exact) mass is 1990 g/mol. The lowest BCUT2D eigenvalue weighted by atomic mass is 9.73. The van der Waals surface area contributed by atoms with Crippen molar-refractivity contribution in [1.82, 2.24) is 50.4 Å². The average molecular weight is 1990 g/mol. The zero-order valence-electron chi connectivity index (χ0n) is 82.6. The minimum atomic E-state index is -1.62. The molecule has 0 spiro atoms. The summed E-state index contributed by atoms with van der Waals surface area (Å²) in [7, 11) is 6.57. The Labute approximate surface area is 815 Å². The largest absolute Gasteiger partial charge is 0.394 e. The lowest BCUT2D eigenvalue weighted by molar-refractivity contribution is -0.307. The molecule has 4 amide bonds. The Morgan fingerprint density at radius 3 is 1.30 bits per heavy atom. The van der Waals surface area contributed by atoms with Crippen LogP contribution in [-0.2, 0) is 131 Å². The highest BCUT2D eigenvalue weighted by Crippen LogP contribution is 2.45. The van der Waals surface area contributed by atoms with E-state index in [4.69, 9.17) is 87.3 Å². The first-order valence-corrected chi connectivity index (χ1v) is 50.7. The van der Waals surface area contributed by atoms with Crippen molar-refractivity contribution in [2.24, 2.45) is 58.8 Å². The number of rotatable bonds is 60. The number of amides is 4. The van der Waals surface area contributed by atoms with Crippen LogP contribution in [0.3, 0.4) is 0 Å². The molecule has 44 heteroatoms. The number of ether oxygens (including phenoxy) is 16. The number of nitrogens with zero attached hydrogens (tertiary/aromatic N) is 8. The van der Waals surface area contributed by atoms with Crippen LogP contribution in [0.15, 0.2) is 12.4 Å². The first kappa shape index (κ1) is 115. The van der Waals surface area contributed by atoms with Gasteiger partial charge in [0.25, 0.3) is 5.91 Å². The van der Waals surface area contributed by atoms with E-state index in [9.17, 15) is 79.8 Å². The predicted octanol–water partition coefficient (Wildman–Crippen LogP) is -0.926. The topological polar surface area (TPSA) is 596 Å². The van der Waals surface area contributed by atoms with Crippen molar-refractivity contribution in [1.29, 1.82) is 0 Å². The van der Waals surface area contributed by atoms with Gasteiger partial charge in [-0.25, -0.2) is 9.36 Å². The number of likely N-dealkylation sites (N-methyl/N-ethyl adjacent to an activating group) is 1. The molecule has 2 aromatic rings. The quantitative estimate of drug-likeness (QED) is 0.0356. The lowest BCUT2D eigenvalue weighted by Gasteiger charge is -2.49. The number of nitrogens with one attached hydrogen (secondary N) is 2. The molecule has 0 bridgehead atoms. The molecule has 0 radical (unpaired) electrons. The van der Waals surface area contributed by atoms with Crippen LogP contribution in [0.2, 0.25) is 0 Å². The standard InChI is InChI=1S/C95H164N12O32/c1-9-60-41-62(68(110)23-17-27-124-29-25-96)44-70(89(60)131-54-75-84(117)87(120)81(114)56(3)133-75)136-94-79(67(83(116)73(50-108)138-94)43-64(92(122)104(5)6)39-58-19-13-11-14-20-58)98-77(112)48-106-46-65(100-102-106)52-129-37-35-127-33-31-126-32-34-128-36-38-130-53-66-47-107(103-101-66)49-78(113)99-80-91(135-72(93(123)105(7)8)40-59-21-15-12-16-22-59)86(119)74(51-109)139-95(80)137-71-45-63(69(111)24-18-28-125-30-26-97)42-61(10-2)90(71)132-55-76-85(118)88(121)82(115)57(4)134-76/h46-47,56-64,67,70-76,79-91,94-95,108-109,114-121H,9-45,48-55,96-97H2,1-8H3,(H,98,112)(H,99,113)/t56?,57?,60?,61?,62?,63?,64-,67?,70-,71-,72+,73+,74+,75+,76+,79?,80?,81-,82-,83-,84?,85?,86+,87+,88+,89-,90-,91?,94-,95-/m1/s1. The fourth-order valence-corrected chi connectivity index (χ4v) is 20.8. The van der Waals surface area contributed by atoms with Gasteiger partial charge in [-0.15, -0.1) is 10.2 Å². The van der Waals surface area contributed by atoms with Gasteiger partial charge in [0.2, 0.25) is 17.7 Å². The number of nitrogens with two attached hydrogens (primary N) is 2. The third kappa shape index (κ3) is 34.8. The van der Waals surface area contributed by atoms with Crippen molar-refractivity contribution in [3.63, 3.8) is 0 Å². The number of aliphatic hydroxyl groups excluding tert-OH is 10. The summed E-state index contributed by atoms with van der Waals surface area (Å²) < 4.78 is 102. The molecule has 10 rings (SSSR count). The zero-order chi connectivity index (χ0) is 100. The molecule has 16 N–H and O–H groups in total. The van der Waals surface area contributed by atoms with E-state index in [-0.39, 0.29) is 165 Å². The molecule has 139 heavy (non-hydrogen) atoms. The highest BCUT2D eigenvalue weighted by Gasteiger charge is 2.56. The highest BCUT2D eigenvalue weighted by atomic mass is 16.7. The van der Waals surface area contributed by atoms with Crippen molar-refractivity contribution in [2.75, 3.05) is 147 Å². The Morgan fingerprint density at radius 1 is 0.468 bits per heavy atom. The molecule has 44 nitrogen and oxygen atoms in total. The number of Topliss-reactive ketones (excluding diaryl/α,β-unsaturated/α-hetero) is 2. The normalized spacial score (nSPS) is 32.7. The Hall–Kier alpha value is -5.62. The zero-order valence-corrected chi connectivity index (χ0v) is 82.6. The summed E-state index contributed by atoms with van der Waals surface area (Å²) in [6.45, 7) is 8.18. The molecular weight excluding hydrogens is 1820 g/mol. The second-order valence-electron chi connectivity index (χ2n) is 39.3. The number of hydrogen-bond donors (Lipinski definition) is 14. The maximum absolute atomic E-state index is 14.7. The number of carbonyl (C=O) groups is 6. The van der Waals surface area contributed by atoms with E-state index in [1.807, 2.05) is 13.8 Å². The van der Waals surface area contributed by atoms with E-state index in [1.54, 1.807) is 48.2 Å². The van der Waals surface area contributed by atoms with Crippen molar-refractivity contribution in [2.45, 2.75) is 348 Å². The summed E-state index contributed by atoms with van der Waals surface area (Å²) in [5.41, 5.74) is 12.1. The molecule has 4 aliphatic heterocycles. The van der Waals surface area contributed by atoms with E-state index in [1.165, 1.54) is 25.4 Å². The second-order valence-corrected chi connectivity index (χ2v) is 39.3. The van der Waals surface area contributed by atoms with Gasteiger partial charge in [-0.05, 0) is 95.3 Å². The molecule has 12 unspecified atom stereocenters. The first-order chi connectivity index (χ1) is 67.0. The van der Waals surface area contributed by atoms with Gasteiger partial charge in [0.15, 0.2) is 12.6 Å². The minimum absolute atomic E-state index is 0.00240. The lowest BCUT2D eigenvalue weighted by Crippen LogP contribution is -2.67. The van der Waals surface area contributed by atoms with Crippen LogP contribution in [0.25, 0.3) is 0 Å². The Balaban J connectivity index is 0.696. The molecule has 6 heterocycles. The number of hydrogen-bond acceptors (Lipinski definition) is 38. The van der Waals surface area contributed by atoms with Gasteiger partial charge in [0.1, 0.15) is 121 Å². The molecule has 8 aliphatic rings. The maximum Gasteiger partial charge on any atom is 0.251 e. The van der Waals surface area contributed by atoms with Crippen LogP contribution in [0.4, 0.5) is 0 Å². The summed E-state index contributed by atoms with van der Waals surface area (Å²) in [5.74, 6) is -4.75. The summed E-state index contributed by atoms with van der Waals surface area (Å²) in [4.78, 5) is 89.1. The van der Waals surface area contributed by atoms with E-state index in [2.05, 4.69) is 31.3 Å². The van der Waals surface area contributed by atoms with Gasteiger partial charge in [0, 0.05) is 91.0 Å². The fourth-order valence-electron chi connectivity index (χ4n) is 20.8. The van der Waals surface area contributed by atoms with Crippen molar-refractivity contribution in [3.8, 4) is 0 Å². The van der Waals surface area contributed by atoms with Crippen LogP contribution in [0.1, 0.15) is 187 Å². The van der Waals surface area contributed by atoms with Crippen LogP contribution < -0.4 is 22.1 Å². The third-order valence-electron chi connectivity index (χ3n) is 28.5. The Bertz CT molecular complexity index is 3640. The molecule has 8 fully saturated rings. The van der Waals surface area contributed by atoms with Crippen LogP contribution in [0, 0.1) is 47.3 Å². The van der Waals surface area contributed by atoms with Crippen molar-refractivity contribution >= 4 is 35.2 Å². The molecule has 4 saturated heterocycles. The predicted molar refractivity (Wildman–Crippen MR) is 494 cm³/mol. The van der Waals surface area contributed by atoms with Crippen LogP contribution in [-0.4, -0.2) is 420 Å². The van der Waals surface area contributed by atoms with Crippen LogP contribution in [0.5, 0.6) is 0 Å². The van der Waals surface area contributed by atoms with Gasteiger partial charge in [-0.1, -0.05) is 101 Å². The SMILES string of the molecule is CCC1CC(C(=O)CCCOCCN)C[C@@H](O[C@@H]2O[C@@H](CO)[C@H](O)C(C[C@@H](CC3CCCCC3)C(=O)N(C)C)C2NC(=O)Cn2cc(COCCOCCOCCOCCOCc3cn(CC(=O)NC4C(O[C@@H](CC5CCCCC5)C(=O)N(C)C)[C@@H](O)[C@H](CO)O[C@H]4O[C@@H]4CC(C(=O)CCCOCCN)CC(CC)[C@H]4OC[C@@H]4OC(C)[C@@H](O)[C@H](O)C4O)nn3)nn2)[C@@H]1OC[C@@H]1OC(C)[C@@H](O)[C@H](O)C1O. The Morgan fingerprint density at radius 2 is 0.878 bits per heavy atom. The number of aromatic nitrogens is 6. The third-order valence-corrected chi connectivity index (χ3v) is 28.5. The van der Waals surface area contributed by atoms with Crippen molar-refractivity contribution in [3.05, 3.63) is 23.8 Å². The smallest absolute Gasteiger partial charge is 0.251 e. The molecule has 4 aliphatic carbocycles. The summed E-state index contributed by atoms with van der Waals surface area (Å²) >= 11 is 0. The van der Waals surface area contributed by atoms with Crippen LogP contribution >= 0.6 is 0 Å². The first-order valence-electron chi connectivity index (χ1n) is 50.7. The number of ketones is 2. The maximum atomic E-state index is 14.7. The van der Waals surface area contributed by atoms with Gasteiger partial charge < -0.3 is 159 Å². The van der Waals surface area contributed by atoms with E-state index in [0.29, 0.717) is 102 Å². The Kier molecular flexibility index (Phi) is 49.7. The molecule has 796 valence electrons. The molecular formula is C95H164N12O32. The second kappa shape index (κ2) is 59.9. The fraction of sp³-hybridized carbons (Fsp3) is 0.895. The number of carbonyl (C=O) groups excluding carboxylic acids is 6. The van der Waals surface area contributed by atoms with E-state index >= 15 is 0 Å². The highest BCUT2D eigenvalue weighted by molar-refractivity contribution is 5.82. The van der Waals surface area contributed by atoms with E-state index in [0.717, 1.165) is 64.2 Å². The van der Waals surface area contributed by atoms with Gasteiger partial charge in [0.05, 0.1) is 167 Å². The van der Waals surface area contributed by atoms with Gasteiger partial charge in [-0.3, -0.25) is 28.8 Å². The van der Waals surface area contributed by atoms with Crippen molar-refractivity contribution < 1.29 is 156 Å². The molecule has 4 saturated carbocycles. The van der Waals surface area contributed by atoms with Gasteiger partial charge >= 0.3 is 0 Å². The van der Waals surface area contributed by atoms with Gasteiger partial charge in [-0.2, -0.15) is 0 Å². The molecule has 30 atom stereocenters. The molecule has 2 aromatic heterocycles. The average Bonchev–Trinajstić information content (AvgIpc) is 1.10. The summed E-state index contributed by atoms with van der Waals surface area (Å²) in [6.07, 6.45) is -10.2. The summed E-state index contributed by atoms with van der Waals surface area (Å²) in [6, 6.07) is -2.55. The van der Waals surface area contributed by atoms with E-state index < -0.39 is 202 Å². The number of aliphatic hydroxyl groups is 10. The summed E-state index contributed by atoms with van der Waals surface area (Å²) in [5, 5.41) is 134.